The monoisotopic (exact) mass is 454 g/mol. The average Bonchev–Trinajstić information content (AvgIpc) is 3.65. The molecule has 164 valence electrons. The number of benzene rings is 1. The van der Waals surface area contributed by atoms with E-state index in [0.717, 1.165) is 65.9 Å². The van der Waals surface area contributed by atoms with Crippen LogP contribution < -0.4 is 0 Å². The van der Waals surface area contributed by atoms with E-state index in [1.807, 2.05) is 45.6 Å². The molecule has 1 aliphatic heterocycles. The molecule has 4 aromatic heterocycles. The van der Waals surface area contributed by atoms with Gasteiger partial charge in [0.15, 0.2) is 5.01 Å². The van der Waals surface area contributed by atoms with Gasteiger partial charge in [0, 0.05) is 59.1 Å². The van der Waals surface area contributed by atoms with Crippen LogP contribution in [0.25, 0.3) is 33.4 Å². The highest BCUT2D eigenvalue weighted by Gasteiger charge is 2.22. The number of amides is 1. The van der Waals surface area contributed by atoms with E-state index in [4.69, 9.17) is 0 Å². The van der Waals surface area contributed by atoms with Crippen LogP contribution in [0.4, 0.5) is 0 Å². The number of thiazole rings is 1. The number of carbonyl (C=O) groups excluding carboxylic acids is 1. The van der Waals surface area contributed by atoms with Crippen molar-refractivity contribution in [3.05, 3.63) is 77.1 Å². The third-order valence-electron chi connectivity index (χ3n) is 6.04. The number of H-pyrrole nitrogens is 1. The second-order valence-electron chi connectivity index (χ2n) is 8.27. The van der Waals surface area contributed by atoms with Gasteiger partial charge in [-0.25, -0.2) is 9.97 Å². The normalized spacial score (nSPS) is 13.8. The lowest BCUT2D eigenvalue weighted by Crippen LogP contribution is -2.27. The van der Waals surface area contributed by atoms with E-state index in [1.54, 1.807) is 6.20 Å². The van der Waals surface area contributed by atoms with Gasteiger partial charge in [-0.05, 0) is 24.5 Å². The van der Waals surface area contributed by atoms with Crippen molar-refractivity contribution in [3.8, 4) is 22.4 Å². The number of likely N-dealkylation sites (tertiary alicyclic amines) is 1. The third kappa shape index (κ3) is 3.82. The Balaban J connectivity index is 1.29. The van der Waals surface area contributed by atoms with Gasteiger partial charge in [-0.2, -0.15) is 5.10 Å². The number of carbonyl (C=O) groups is 1. The van der Waals surface area contributed by atoms with Gasteiger partial charge in [-0.3, -0.25) is 9.48 Å². The molecule has 1 aliphatic rings. The Bertz CT molecular complexity index is 1430. The summed E-state index contributed by atoms with van der Waals surface area (Å²) in [6, 6.07) is 12.4. The first-order valence-corrected chi connectivity index (χ1v) is 11.9. The van der Waals surface area contributed by atoms with Gasteiger partial charge in [0.2, 0.25) is 0 Å². The molecular weight excluding hydrogens is 432 g/mol. The van der Waals surface area contributed by atoms with Crippen LogP contribution in [0.2, 0.25) is 0 Å². The highest BCUT2D eigenvalue weighted by atomic mass is 32.1. The summed E-state index contributed by atoms with van der Waals surface area (Å²) < 4.78 is 1.94. The smallest absolute Gasteiger partial charge is 0.282 e. The van der Waals surface area contributed by atoms with E-state index >= 15 is 0 Å². The predicted octanol–water partition coefficient (Wildman–Crippen LogP) is 4.83. The lowest BCUT2D eigenvalue weighted by molar-refractivity contribution is 0.0792. The van der Waals surface area contributed by atoms with Gasteiger partial charge in [-0.1, -0.05) is 30.3 Å². The van der Waals surface area contributed by atoms with E-state index in [0.29, 0.717) is 5.01 Å². The minimum atomic E-state index is 0.0333. The fraction of sp³-hybridized carbons (Fsp3) is 0.200. The Hall–Kier alpha value is -3.78. The largest absolute Gasteiger partial charge is 0.346 e. The fourth-order valence-electron chi connectivity index (χ4n) is 4.30. The van der Waals surface area contributed by atoms with Crippen LogP contribution in [0.15, 0.2) is 66.6 Å². The number of aromatic amines is 1. The molecule has 8 heteroatoms. The molecule has 1 fully saturated rings. The predicted molar refractivity (Wildman–Crippen MR) is 129 cm³/mol. The standard InChI is InChI=1S/C25H22N6OS/c32-25(30-8-4-5-9-30)24-29-22(16-33-24)18-10-20-21(13-27-23(20)26-11-18)19-12-28-31(15-19)14-17-6-2-1-3-7-17/h1-3,6-7,10-13,15-16H,4-5,8-9,14H2,(H,26,27). The average molecular weight is 455 g/mol. The summed E-state index contributed by atoms with van der Waals surface area (Å²) in [6.45, 7) is 2.37. The lowest BCUT2D eigenvalue weighted by atomic mass is 10.1. The minimum absolute atomic E-state index is 0.0333. The molecule has 0 atom stereocenters. The Morgan fingerprint density at radius 1 is 1.09 bits per heavy atom. The number of nitrogens with zero attached hydrogens (tertiary/aromatic N) is 5. The van der Waals surface area contributed by atoms with Crippen molar-refractivity contribution in [2.75, 3.05) is 13.1 Å². The van der Waals surface area contributed by atoms with Crippen molar-refractivity contribution in [1.29, 1.82) is 0 Å². The molecule has 0 radical (unpaired) electrons. The van der Waals surface area contributed by atoms with Crippen LogP contribution in [0, 0.1) is 0 Å². The first-order valence-electron chi connectivity index (χ1n) is 11.0. The summed E-state index contributed by atoms with van der Waals surface area (Å²) in [5.74, 6) is 0.0333. The molecule has 5 heterocycles. The first kappa shape index (κ1) is 19.9. The zero-order valence-corrected chi connectivity index (χ0v) is 18.8. The molecule has 0 bridgehead atoms. The van der Waals surface area contributed by atoms with E-state index < -0.39 is 0 Å². The molecule has 1 aromatic carbocycles. The number of pyridine rings is 1. The van der Waals surface area contributed by atoms with Crippen molar-refractivity contribution in [2.45, 2.75) is 19.4 Å². The van der Waals surface area contributed by atoms with Crippen molar-refractivity contribution in [2.24, 2.45) is 0 Å². The molecule has 0 unspecified atom stereocenters. The van der Waals surface area contributed by atoms with E-state index in [1.165, 1.54) is 16.9 Å². The van der Waals surface area contributed by atoms with Crippen LogP contribution in [0.1, 0.15) is 28.2 Å². The van der Waals surface area contributed by atoms with E-state index in [2.05, 4.69) is 44.4 Å². The van der Waals surface area contributed by atoms with Crippen molar-refractivity contribution < 1.29 is 4.79 Å². The molecular formula is C25H22N6OS. The van der Waals surface area contributed by atoms with Crippen LogP contribution in [-0.2, 0) is 6.54 Å². The second kappa shape index (κ2) is 8.29. The fourth-order valence-corrected chi connectivity index (χ4v) is 5.09. The summed E-state index contributed by atoms with van der Waals surface area (Å²) >= 11 is 1.40. The highest BCUT2D eigenvalue weighted by Crippen LogP contribution is 2.31. The maximum Gasteiger partial charge on any atom is 0.282 e. The van der Waals surface area contributed by atoms with Gasteiger partial charge in [0.25, 0.3) is 5.91 Å². The molecule has 1 amide bonds. The molecule has 5 aromatic rings. The summed E-state index contributed by atoms with van der Waals surface area (Å²) in [5.41, 5.74) is 5.77. The van der Waals surface area contributed by atoms with Gasteiger partial charge in [-0.15, -0.1) is 11.3 Å². The minimum Gasteiger partial charge on any atom is -0.346 e. The number of hydrogen-bond acceptors (Lipinski definition) is 5. The van der Waals surface area contributed by atoms with Crippen LogP contribution in [0.5, 0.6) is 0 Å². The second-order valence-corrected chi connectivity index (χ2v) is 9.13. The van der Waals surface area contributed by atoms with Crippen LogP contribution in [-0.4, -0.2) is 48.6 Å². The first-order chi connectivity index (χ1) is 16.2. The molecule has 0 saturated carbocycles. The zero-order chi connectivity index (χ0) is 22.2. The third-order valence-corrected chi connectivity index (χ3v) is 6.87. The van der Waals surface area contributed by atoms with Crippen LogP contribution >= 0.6 is 11.3 Å². The number of rotatable bonds is 5. The summed E-state index contributed by atoms with van der Waals surface area (Å²) in [4.78, 5) is 27.1. The number of fused-ring (bicyclic) bond motifs is 1. The Kier molecular flexibility index (Phi) is 4.99. The Morgan fingerprint density at radius 3 is 2.79 bits per heavy atom. The number of aromatic nitrogens is 5. The molecule has 7 nitrogen and oxygen atoms in total. The molecule has 1 N–H and O–H groups in total. The van der Waals surface area contributed by atoms with Crippen molar-refractivity contribution in [3.63, 3.8) is 0 Å². The quantitative estimate of drug-likeness (QED) is 0.412. The molecule has 1 saturated heterocycles. The summed E-state index contributed by atoms with van der Waals surface area (Å²) in [6.07, 6.45) is 9.85. The highest BCUT2D eigenvalue weighted by molar-refractivity contribution is 7.12. The molecule has 0 aliphatic carbocycles. The lowest BCUT2D eigenvalue weighted by Gasteiger charge is -2.12. The van der Waals surface area contributed by atoms with E-state index in [9.17, 15) is 4.79 Å². The van der Waals surface area contributed by atoms with Gasteiger partial charge >= 0.3 is 0 Å². The van der Waals surface area contributed by atoms with Gasteiger partial charge in [0.05, 0.1) is 18.4 Å². The zero-order valence-electron chi connectivity index (χ0n) is 17.9. The number of nitrogens with one attached hydrogen (secondary N) is 1. The topological polar surface area (TPSA) is 79.7 Å². The Labute approximate surface area is 194 Å². The summed E-state index contributed by atoms with van der Waals surface area (Å²) in [7, 11) is 0. The molecule has 0 spiro atoms. The maximum atomic E-state index is 12.7. The van der Waals surface area contributed by atoms with Gasteiger partial charge < -0.3 is 9.88 Å². The SMILES string of the molecule is O=C(c1nc(-c2cnc3[nH]cc(-c4cnn(Cc5ccccc5)c4)c3c2)cs1)N1CCCC1. The van der Waals surface area contributed by atoms with Crippen LogP contribution in [0.3, 0.4) is 0 Å². The molecule has 33 heavy (non-hydrogen) atoms. The van der Waals surface area contributed by atoms with Crippen molar-refractivity contribution in [1.82, 2.24) is 29.6 Å². The summed E-state index contributed by atoms with van der Waals surface area (Å²) in [5, 5.41) is 8.04. The van der Waals surface area contributed by atoms with E-state index in [-0.39, 0.29) is 5.91 Å². The number of hydrogen-bond donors (Lipinski definition) is 1. The Morgan fingerprint density at radius 2 is 1.94 bits per heavy atom. The van der Waals surface area contributed by atoms with Crippen molar-refractivity contribution >= 4 is 28.3 Å². The van der Waals surface area contributed by atoms with Gasteiger partial charge in [0.1, 0.15) is 5.65 Å². The molecule has 6 rings (SSSR count). The maximum absolute atomic E-state index is 12.7.